The molecule has 3 heterocycles. The third-order valence-electron chi connectivity index (χ3n) is 6.01. The van der Waals surface area contributed by atoms with Crippen molar-refractivity contribution in [2.45, 2.75) is 24.9 Å². The Kier molecular flexibility index (Phi) is 4.41. The average molecular weight is 347 g/mol. The van der Waals surface area contributed by atoms with Crippen molar-refractivity contribution in [3.63, 3.8) is 0 Å². The number of halogens is 1. The van der Waals surface area contributed by atoms with Gasteiger partial charge in [0.25, 0.3) is 0 Å². The monoisotopic (exact) mass is 347 g/mol. The Morgan fingerprint density at radius 3 is 2.80 bits per heavy atom. The normalized spacial score (nSPS) is 30.4. The van der Waals surface area contributed by atoms with Crippen LogP contribution in [-0.4, -0.2) is 62.1 Å². The maximum Gasteiger partial charge on any atom is 0.225 e. The van der Waals surface area contributed by atoms with Crippen LogP contribution in [0.1, 0.15) is 24.4 Å². The molecular weight excluding hydrogens is 321 g/mol. The number of fused-ring (bicyclic) bond motifs is 3. The fourth-order valence-electron chi connectivity index (χ4n) is 4.59. The molecule has 136 valence electrons. The van der Waals surface area contributed by atoms with Gasteiger partial charge in [-0.1, -0.05) is 0 Å². The lowest BCUT2D eigenvalue weighted by molar-refractivity contribution is -0.127. The lowest BCUT2D eigenvalue weighted by Gasteiger charge is -2.34. The van der Waals surface area contributed by atoms with E-state index in [1.165, 1.54) is 6.07 Å². The van der Waals surface area contributed by atoms with Gasteiger partial charge in [-0.15, -0.1) is 0 Å². The molecular formula is C19H26FN3O2. The van der Waals surface area contributed by atoms with E-state index in [0.29, 0.717) is 13.2 Å². The molecule has 2 saturated heterocycles. The molecule has 0 aromatic heterocycles. The van der Waals surface area contributed by atoms with Crippen LogP contribution in [0, 0.1) is 17.7 Å². The highest BCUT2D eigenvalue weighted by molar-refractivity contribution is 5.80. The van der Waals surface area contributed by atoms with Crippen LogP contribution in [0.2, 0.25) is 0 Å². The minimum Gasteiger partial charge on any atom is -0.493 e. The summed E-state index contributed by atoms with van der Waals surface area (Å²) in [5, 5.41) is 3.25. The lowest BCUT2D eigenvalue weighted by atomic mass is 9.84. The number of rotatable bonds is 2. The van der Waals surface area contributed by atoms with Crippen molar-refractivity contribution in [3.8, 4) is 5.75 Å². The molecule has 3 aliphatic heterocycles. The third kappa shape index (κ3) is 3.13. The average Bonchev–Trinajstić information content (AvgIpc) is 2.94. The van der Waals surface area contributed by atoms with Gasteiger partial charge in [0.05, 0.1) is 12.5 Å². The van der Waals surface area contributed by atoms with Crippen LogP contribution >= 0.6 is 0 Å². The van der Waals surface area contributed by atoms with Crippen LogP contribution in [-0.2, 0) is 4.79 Å². The second-order valence-electron chi connectivity index (χ2n) is 7.73. The molecule has 5 nitrogen and oxygen atoms in total. The van der Waals surface area contributed by atoms with Crippen LogP contribution in [0.15, 0.2) is 18.2 Å². The molecule has 25 heavy (non-hydrogen) atoms. The number of amides is 1. The minimum atomic E-state index is -0.254. The second-order valence-corrected chi connectivity index (χ2v) is 7.73. The quantitative estimate of drug-likeness (QED) is 0.884. The maximum atomic E-state index is 13.7. The zero-order valence-corrected chi connectivity index (χ0v) is 14.9. The summed E-state index contributed by atoms with van der Waals surface area (Å²) in [5.41, 5.74) is 0.869. The van der Waals surface area contributed by atoms with Gasteiger partial charge in [0, 0.05) is 30.1 Å². The molecule has 1 amide bonds. The fourth-order valence-corrected chi connectivity index (χ4v) is 4.59. The molecule has 3 aliphatic rings. The van der Waals surface area contributed by atoms with E-state index in [4.69, 9.17) is 4.74 Å². The van der Waals surface area contributed by atoms with Crippen molar-refractivity contribution < 1.29 is 13.9 Å². The number of ether oxygens (including phenoxy) is 1. The number of hydrogen-bond acceptors (Lipinski definition) is 4. The number of nitrogens with one attached hydrogen (secondary N) is 1. The first-order chi connectivity index (χ1) is 12.0. The van der Waals surface area contributed by atoms with Gasteiger partial charge in [0.15, 0.2) is 0 Å². The first-order valence-corrected chi connectivity index (χ1v) is 9.14. The van der Waals surface area contributed by atoms with Crippen LogP contribution in [0.4, 0.5) is 4.39 Å². The van der Waals surface area contributed by atoms with E-state index in [-0.39, 0.29) is 35.6 Å². The molecule has 4 rings (SSSR count). The smallest absolute Gasteiger partial charge is 0.225 e. The maximum absolute atomic E-state index is 13.7. The summed E-state index contributed by atoms with van der Waals surface area (Å²) in [4.78, 5) is 17.4. The molecule has 3 atom stereocenters. The number of carbonyl (C=O) groups excluding carboxylic acids is 1. The number of piperidine rings is 1. The number of hydrogen-bond donors (Lipinski definition) is 1. The summed E-state index contributed by atoms with van der Waals surface area (Å²) in [6, 6.07) is 4.99. The van der Waals surface area contributed by atoms with Gasteiger partial charge in [0.1, 0.15) is 11.6 Å². The Labute approximate surface area is 148 Å². The first-order valence-electron chi connectivity index (χ1n) is 9.14. The summed E-state index contributed by atoms with van der Waals surface area (Å²) in [6.07, 6.45) is 2.01. The van der Waals surface area contributed by atoms with Crippen molar-refractivity contribution in [1.29, 1.82) is 0 Å². The SMILES string of the molecule is CN1CCC(NC(=O)[C@@H]2CN(C)[C@H]3c4cc(F)ccc4OC[C@@H]23)CC1. The zero-order valence-electron chi connectivity index (χ0n) is 14.9. The van der Waals surface area contributed by atoms with Crippen molar-refractivity contribution >= 4 is 5.91 Å². The van der Waals surface area contributed by atoms with Crippen LogP contribution in [0.3, 0.4) is 0 Å². The Balaban J connectivity index is 1.49. The Morgan fingerprint density at radius 1 is 1.28 bits per heavy atom. The highest BCUT2D eigenvalue weighted by Crippen LogP contribution is 2.46. The lowest BCUT2D eigenvalue weighted by Crippen LogP contribution is -2.47. The molecule has 1 aromatic rings. The van der Waals surface area contributed by atoms with Crippen LogP contribution in [0.5, 0.6) is 5.75 Å². The van der Waals surface area contributed by atoms with Gasteiger partial charge in [0.2, 0.25) is 5.91 Å². The standard InChI is InChI=1S/C19H26FN3O2/c1-22-7-5-13(6-8-22)21-19(24)15-10-23(2)18-14-9-12(20)3-4-17(14)25-11-16(15)18/h3-4,9,13,15-16,18H,5-8,10-11H2,1-2H3,(H,21,24)/t15-,16+,18+/m1/s1. The Morgan fingerprint density at radius 2 is 2.04 bits per heavy atom. The molecule has 0 radical (unpaired) electrons. The summed E-state index contributed by atoms with van der Waals surface area (Å²) < 4.78 is 19.6. The van der Waals surface area contributed by atoms with Gasteiger partial charge in [-0.05, 0) is 58.2 Å². The molecule has 0 bridgehead atoms. The first kappa shape index (κ1) is 16.8. The predicted octanol–water partition coefficient (Wildman–Crippen LogP) is 1.65. The van der Waals surface area contributed by atoms with E-state index in [0.717, 1.165) is 37.2 Å². The number of carbonyl (C=O) groups is 1. The van der Waals surface area contributed by atoms with Gasteiger partial charge >= 0.3 is 0 Å². The molecule has 0 spiro atoms. The molecule has 0 saturated carbocycles. The molecule has 2 fully saturated rings. The topological polar surface area (TPSA) is 44.8 Å². The third-order valence-corrected chi connectivity index (χ3v) is 6.01. The molecule has 1 N–H and O–H groups in total. The van der Waals surface area contributed by atoms with Gasteiger partial charge in [-0.2, -0.15) is 0 Å². The van der Waals surface area contributed by atoms with Crippen LogP contribution < -0.4 is 10.1 Å². The number of benzene rings is 1. The van der Waals surface area contributed by atoms with Gasteiger partial charge in [-0.25, -0.2) is 4.39 Å². The molecule has 0 unspecified atom stereocenters. The largest absolute Gasteiger partial charge is 0.493 e. The highest BCUT2D eigenvalue weighted by Gasteiger charge is 2.48. The number of likely N-dealkylation sites (tertiary alicyclic amines) is 2. The second kappa shape index (κ2) is 6.57. The minimum absolute atomic E-state index is 0.0488. The van der Waals surface area contributed by atoms with Crippen molar-refractivity contribution in [1.82, 2.24) is 15.1 Å². The molecule has 0 aliphatic carbocycles. The predicted molar refractivity (Wildman–Crippen MR) is 92.9 cm³/mol. The number of nitrogens with zero attached hydrogens (tertiary/aromatic N) is 2. The van der Waals surface area contributed by atoms with Gasteiger partial charge < -0.3 is 15.0 Å². The molecule has 6 heteroatoms. The Bertz CT molecular complexity index is 660. The van der Waals surface area contributed by atoms with Gasteiger partial charge in [-0.3, -0.25) is 9.69 Å². The van der Waals surface area contributed by atoms with E-state index in [9.17, 15) is 9.18 Å². The summed E-state index contributed by atoms with van der Waals surface area (Å²) in [5.74, 6) is 0.579. The summed E-state index contributed by atoms with van der Waals surface area (Å²) in [7, 11) is 4.13. The highest BCUT2D eigenvalue weighted by atomic mass is 19.1. The summed E-state index contributed by atoms with van der Waals surface area (Å²) >= 11 is 0. The van der Waals surface area contributed by atoms with E-state index in [1.54, 1.807) is 12.1 Å². The van der Waals surface area contributed by atoms with E-state index in [1.807, 2.05) is 7.05 Å². The van der Waals surface area contributed by atoms with E-state index in [2.05, 4.69) is 22.2 Å². The van der Waals surface area contributed by atoms with E-state index < -0.39 is 0 Å². The fraction of sp³-hybridized carbons (Fsp3) is 0.632. The van der Waals surface area contributed by atoms with Crippen molar-refractivity contribution in [3.05, 3.63) is 29.6 Å². The summed E-state index contributed by atoms with van der Waals surface area (Å²) in [6.45, 7) is 3.25. The van der Waals surface area contributed by atoms with Crippen molar-refractivity contribution in [2.24, 2.45) is 11.8 Å². The van der Waals surface area contributed by atoms with Crippen LogP contribution in [0.25, 0.3) is 0 Å². The Hall–Kier alpha value is -1.66. The van der Waals surface area contributed by atoms with Crippen molar-refractivity contribution in [2.75, 3.05) is 40.3 Å². The zero-order chi connectivity index (χ0) is 17.6. The molecule has 1 aromatic carbocycles. The van der Waals surface area contributed by atoms with E-state index >= 15 is 0 Å².